The van der Waals surface area contributed by atoms with E-state index in [9.17, 15) is 4.79 Å². The molecule has 1 amide bonds. The molecule has 0 atom stereocenters. The maximum absolute atomic E-state index is 12.3. The number of hydrogen-bond donors (Lipinski definition) is 1. The van der Waals surface area contributed by atoms with E-state index in [1.54, 1.807) is 25.3 Å². The summed E-state index contributed by atoms with van der Waals surface area (Å²) < 4.78 is 21.2. The molecule has 0 unspecified atom stereocenters. The van der Waals surface area contributed by atoms with Crippen LogP contribution in [0.3, 0.4) is 0 Å². The first kappa shape index (κ1) is 21.4. The smallest absolute Gasteiger partial charge is 0.277 e. The van der Waals surface area contributed by atoms with Crippen LogP contribution in [0.25, 0.3) is 11.5 Å². The SMILES string of the molecule is COc1ccc(-c2nnc(SCc3nc(CC(=O)Nc4ccccc4OC)no3)o2)cc1. The highest BCUT2D eigenvalue weighted by molar-refractivity contribution is 7.98. The molecule has 4 aromatic rings. The Morgan fingerprint density at radius 2 is 1.88 bits per heavy atom. The van der Waals surface area contributed by atoms with Crippen molar-refractivity contribution in [2.24, 2.45) is 0 Å². The number of hydrogen-bond acceptors (Lipinski definition) is 10. The van der Waals surface area contributed by atoms with Crippen molar-refractivity contribution in [3.8, 4) is 23.0 Å². The molecule has 0 radical (unpaired) electrons. The molecule has 1 N–H and O–H groups in total. The van der Waals surface area contributed by atoms with E-state index in [1.807, 2.05) is 30.3 Å². The molecule has 0 saturated carbocycles. The molecule has 164 valence electrons. The molecular formula is C21H19N5O5S. The number of thioether (sulfide) groups is 1. The van der Waals surface area contributed by atoms with Crippen molar-refractivity contribution in [1.82, 2.24) is 20.3 Å². The third-order valence-electron chi connectivity index (χ3n) is 4.27. The predicted molar refractivity (Wildman–Crippen MR) is 115 cm³/mol. The van der Waals surface area contributed by atoms with Crippen molar-refractivity contribution in [2.75, 3.05) is 19.5 Å². The second-order valence-electron chi connectivity index (χ2n) is 6.42. The zero-order valence-electron chi connectivity index (χ0n) is 17.3. The van der Waals surface area contributed by atoms with Gasteiger partial charge in [0.1, 0.15) is 11.5 Å². The Labute approximate surface area is 187 Å². The molecule has 0 spiro atoms. The summed E-state index contributed by atoms with van der Waals surface area (Å²) in [4.78, 5) is 16.5. The van der Waals surface area contributed by atoms with Crippen LogP contribution in [0.15, 0.2) is 62.7 Å². The van der Waals surface area contributed by atoms with E-state index in [-0.39, 0.29) is 18.2 Å². The average Bonchev–Trinajstić information content (AvgIpc) is 3.47. The highest BCUT2D eigenvalue weighted by Gasteiger charge is 2.15. The van der Waals surface area contributed by atoms with Gasteiger partial charge in [-0.05, 0) is 36.4 Å². The minimum Gasteiger partial charge on any atom is -0.497 e. The first-order valence-corrected chi connectivity index (χ1v) is 10.5. The molecule has 0 aliphatic heterocycles. The minimum atomic E-state index is -0.282. The average molecular weight is 453 g/mol. The third-order valence-corrected chi connectivity index (χ3v) is 5.08. The Hall–Kier alpha value is -3.86. The highest BCUT2D eigenvalue weighted by atomic mass is 32.2. The van der Waals surface area contributed by atoms with E-state index in [0.29, 0.717) is 34.2 Å². The Morgan fingerprint density at radius 3 is 2.66 bits per heavy atom. The molecule has 0 bridgehead atoms. The molecule has 2 heterocycles. The minimum absolute atomic E-state index is 0.0333. The number of ether oxygens (including phenoxy) is 2. The van der Waals surface area contributed by atoms with E-state index in [0.717, 1.165) is 11.3 Å². The number of nitrogens with zero attached hydrogens (tertiary/aromatic N) is 4. The lowest BCUT2D eigenvalue weighted by Gasteiger charge is -2.08. The molecule has 2 aromatic heterocycles. The maximum Gasteiger partial charge on any atom is 0.277 e. The Balaban J connectivity index is 1.31. The number of carbonyl (C=O) groups excluding carboxylic acids is 1. The van der Waals surface area contributed by atoms with Crippen molar-refractivity contribution in [1.29, 1.82) is 0 Å². The third kappa shape index (κ3) is 5.24. The van der Waals surface area contributed by atoms with Crippen LogP contribution in [0, 0.1) is 0 Å². The Kier molecular flexibility index (Phi) is 6.66. The predicted octanol–water partition coefficient (Wildman–Crippen LogP) is 3.61. The molecule has 11 heteroatoms. The monoisotopic (exact) mass is 453 g/mol. The fourth-order valence-corrected chi connectivity index (χ4v) is 3.35. The first-order valence-electron chi connectivity index (χ1n) is 9.49. The number of aromatic nitrogens is 4. The van der Waals surface area contributed by atoms with Gasteiger partial charge in [0.15, 0.2) is 5.82 Å². The van der Waals surface area contributed by atoms with E-state index in [2.05, 4.69) is 25.7 Å². The normalized spacial score (nSPS) is 10.7. The van der Waals surface area contributed by atoms with Gasteiger partial charge in [-0.25, -0.2) is 0 Å². The highest BCUT2D eigenvalue weighted by Crippen LogP contribution is 2.27. The summed E-state index contributed by atoms with van der Waals surface area (Å²) in [6.07, 6.45) is -0.0333. The van der Waals surface area contributed by atoms with Crippen molar-refractivity contribution in [2.45, 2.75) is 17.4 Å². The molecule has 0 fully saturated rings. The molecular weight excluding hydrogens is 434 g/mol. The number of para-hydroxylation sites is 2. The molecule has 0 aliphatic carbocycles. The van der Waals surface area contributed by atoms with Crippen LogP contribution in [-0.4, -0.2) is 40.5 Å². The van der Waals surface area contributed by atoms with Gasteiger partial charge < -0.3 is 23.7 Å². The summed E-state index contributed by atoms with van der Waals surface area (Å²) in [6, 6.07) is 14.4. The molecule has 0 aliphatic rings. The van der Waals surface area contributed by atoms with Crippen LogP contribution in [0.2, 0.25) is 0 Å². The second kappa shape index (κ2) is 9.96. The fraction of sp³-hybridized carbons (Fsp3) is 0.190. The van der Waals surface area contributed by atoms with Crippen LogP contribution in [0.4, 0.5) is 5.69 Å². The van der Waals surface area contributed by atoms with E-state index in [1.165, 1.54) is 18.9 Å². The second-order valence-corrected chi connectivity index (χ2v) is 7.35. The number of rotatable bonds is 9. The van der Waals surface area contributed by atoms with Gasteiger partial charge in [0.2, 0.25) is 17.7 Å². The fourth-order valence-electron chi connectivity index (χ4n) is 2.75. The summed E-state index contributed by atoms with van der Waals surface area (Å²) in [5, 5.41) is 15.1. The topological polar surface area (TPSA) is 125 Å². The van der Waals surface area contributed by atoms with E-state index in [4.69, 9.17) is 18.4 Å². The van der Waals surface area contributed by atoms with Crippen molar-refractivity contribution < 1.29 is 23.2 Å². The summed E-state index contributed by atoms with van der Waals surface area (Å²) >= 11 is 1.26. The standard InChI is InChI=1S/C21H19N5O5S/c1-28-14-9-7-13(8-10-14)20-24-25-21(30-20)32-12-19-23-17(26-31-19)11-18(27)22-15-5-3-4-6-16(15)29-2/h3-10H,11-12H2,1-2H3,(H,22,27). The van der Waals surface area contributed by atoms with Crippen LogP contribution < -0.4 is 14.8 Å². The molecule has 4 rings (SSSR count). The summed E-state index contributed by atoms with van der Waals surface area (Å²) in [6.45, 7) is 0. The van der Waals surface area contributed by atoms with Gasteiger partial charge in [-0.15, -0.1) is 10.2 Å². The largest absolute Gasteiger partial charge is 0.497 e. The number of anilines is 1. The molecule has 32 heavy (non-hydrogen) atoms. The van der Waals surface area contributed by atoms with Gasteiger partial charge in [0.05, 0.1) is 32.1 Å². The Bertz CT molecular complexity index is 1190. The molecule has 0 saturated heterocycles. The van der Waals surface area contributed by atoms with Gasteiger partial charge in [0.25, 0.3) is 5.22 Å². The van der Waals surface area contributed by atoms with Crippen molar-refractivity contribution in [3.63, 3.8) is 0 Å². The van der Waals surface area contributed by atoms with Crippen LogP contribution in [0.1, 0.15) is 11.7 Å². The summed E-state index contributed by atoms with van der Waals surface area (Å²) in [5.41, 5.74) is 1.36. The van der Waals surface area contributed by atoms with Gasteiger partial charge in [-0.1, -0.05) is 29.1 Å². The lowest BCUT2D eigenvalue weighted by Crippen LogP contribution is -2.15. The van der Waals surface area contributed by atoms with E-state index < -0.39 is 0 Å². The van der Waals surface area contributed by atoms with Gasteiger partial charge in [0, 0.05) is 5.56 Å². The van der Waals surface area contributed by atoms with E-state index >= 15 is 0 Å². The lowest BCUT2D eigenvalue weighted by atomic mass is 10.2. The molecule has 2 aromatic carbocycles. The van der Waals surface area contributed by atoms with Gasteiger partial charge >= 0.3 is 0 Å². The van der Waals surface area contributed by atoms with Crippen molar-refractivity contribution >= 4 is 23.4 Å². The van der Waals surface area contributed by atoms with Gasteiger partial charge in [-0.2, -0.15) is 4.98 Å². The zero-order valence-corrected chi connectivity index (χ0v) is 18.1. The summed E-state index contributed by atoms with van der Waals surface area (Å²) in [7, 11) is 3.14. The van der Waals surface area contributed by atoms with Crippen LogP contribution in [0.5, 0.6) is 11.5 Å². The number of nitrogens with one attached hydrogen (secondary N) is 1. The number of amides is 1. The maximum atomic E-state index is 12.3. The van der Waals surface area contributed by atoms with Crippen LogP contribution >= 0.6 is 11.8 Å². The first-order chi connectivity index (χ1) is 15.6. The summed E-state index contributed by atoms with van der Waals surface area (Å²) in [5.74, 6) is 2.37. The molecule has 10 nitrogen and oxygen atoms in total. The number of benzene rings is 2. The number of methoxy groups -OCH3 is 2. The quantitative estimate of drug-likeness (QED) is 0.376. The van der Waals surface area contributed by atoms with Crippen molar-refractivity contribution in [3.05, 3.63) is 60.2 Å². The van der Waals surface area contributed by atoms with Gasteiger partial charge in [-0.3, -0.25) is 4.79 Å². The Morgan fingerprint density at radius 1 is 1.06 bits per heavy atom. The lowest BCUT2D eigenvalue weighted by molar-refractivity contribution is -0.115. The van der Waals surface area contributed by atoms with Crippen LogP contribution in [-0.2, 0) is 17.0 Å². The number of carbonyl (C=O) groups is 1. The zero-order chi connectivity index (χ0) is 22.3.